The molecular weight excluding hydrogens is 458 g/mol. The fraction of sp³-hybridized carbons (Fsp3) is 0.107. The van der Waals surface area contributed by atoms with Gasteiger partial charge in [0.15, 0.2) is 5.13 Å². The number of thiazole rings is 1. The number of methoxy groups -OCH3 is 1. The van der Waals surface area contributed by atoms with Gasteiger partial charge in [-0.3, -0.25) is 14.7 Å². The van der Waals surface area contributed by atoms with Crippen LogP contribution >= 0.6 is 11.3 Å². The zero-order chi connectivity index (χ0) is 24.2. The second-order valence-electron chi connectivity index (χ2n) is 7.88. The molecule has 0 saturated carbocycles. The summed E-state index contributed by atoms with van der Waals surface area (Å²) < 4.78 is 12.6. The van der Waals surface area contributed by atoms with Gasteiger partial charge in [-0.15, -0.1) is 0 Å². The Balaban J connectivity index is 1.59. The average molecular weight is 482 g/mol. The Bertz CT molecular complexity index is 1470. The molecule has 2 heterocycles. The number of ether oxygens (including phenoxy) is 2. The van der Waals surface area contributed by atoms with E-state index in [0.29, 0.717) is 27.9 Å². The van der Waals surface area contributed by atoms with E-state index >= 15 is 0 Å². The zero-order valence-corrected chi connectivity index (χ0v) is 20.2. The molecule has 2 aromatic heterocycles. The fourth-order valence-corrected chi connectivity index (χ4v) is 4.80. The maximum absolute atomic E-state index is 14.0. The lowest BCUT2D eigenvalue weighted by atomic mass is 10.1. The third-order valence-electron chi connectivity index (χ3n) is 5.52. The highest BCUT2D eigenvalue weighted by molar-refractivity contribution is 7.22. The Labute approximate surface area is 207 Å². The van der Waals surface area contributed by atoms with E-state index in [1.54, 1.807) is 30.3 Å². The third-order valence-corrected chi connectivity index (χ3v) is 6.74. The number of anilines is 1. The van der Waals surface area contributed by atoms with Gasteiger partial charge in [0.25, 0.3) is 5.91 Å². The number of carbonyl (C=O) groups is 1. The molecule has 0 atom stereocenters. The smallest absolute Gasteiger partial charge is 0.264 e. The maximum atomic E-state index is 14.0. The van der Waals surface area contributed by atoms with Gasteiger partial charge in [-0.05, 0) is 55.0 Å². The van der Waals surface area contributed by atoms with Crippen LogP contribution in [0.4, 0.5) is 5.13 Å². The van der Waals surface area contributed by atoms with Gasteiger partial charge in [0.05, 0.1) is 29.6 Å². The van der Waals surface area contributed by atoms with Gasteiger partial charge in [0.2, 0.25) is 0 Å². The van der Waals surface area contributed by atoms with E-state index < -0.39 is 0 Å². The Kier molecular flexibility index (Phi) is 6.41. The number of nitrogens with zero attached hydrogens (tertiary/aromatic N) is 3. The molecule has 7 heteroatoms. The number of benzene rings is 3. The summed E-state index contributed by atoms with van der Waals surface area (Å²) in [5.74, 6) is 1.58. The van der Waals surface area contributed by atoms with E-state index in [4.69, 9.17) is 14.5 Å². The average Bonchev–Trinajstić information content (AvgIpc) is 3.35. The molecule has 0 aliphatic rings. The number of hydrogen-bond donors (Lipinski definition) is 0. The molecule has 1 amide bonds. The van der Waals surface area contributed by atoms with Crippen molar-refractivity contribution in [3.63, 3.8) is 0 Å². The zero-order valence-electron chi connectivity index (χ0n) is 19.3. The molecule has 0 aliphatic carbocycles. The van der Waals surface area contributed by atoms with E-state index in [9.17, 15) is 4.79 Å². The second-order valence-corrected chi connectivity index (χ2v) is 8.86. The summed E-state index contributed by atoms with van der Waals surface area (Å²) in [5, 5.41) is 0.567. The van der Waals surface area contributed by atoms with Crippen molar-refractivity contribution < 1.29 is 14.3 Å². The van der Waals surface area contributed by atoms with Crippen molar-refractivity contribution in [1.29, 1.82) is 0 Å². The predicted octanol–water partition coefficient (Wildman–Crippen LogP) is 6.65. The normalized spacial score (nSPS) is 10.8. The molecule has 0 unspecified atom stereocenters. The molecule has 0 bridgehead atoms. The molecule has 0 fully saturated rings. The summed E-state index contributed by atoms with van der Waals surface area (Å²) in [5.41, 5.74) is 3.00. The van der Waals surface area contributed by atoms with Crippen LogP contribution in [0.1, 0.15) is 21.6 Å². The monoisotopic (exact) mass is 481 g/mol. The lowest BCUT2D eigenvalue weighted by Crippen LogP contribution is -2.31. The minimum absolute atomic E-state index is 0.224. The highest BCUT2D eigenvalue weighted by Gasteiger charge is 2.26. The first-order valence-electron chi connectivity index (χ1n) is 11.1. The van der Waals surface area contributed by atoms with Crippen LogP contribution in [-0.2, 0) is 6.54 Å². The molecule has 0 radical (unpaired) electrons. The number of pyridine rings is 1. The lowest BCUT2D eigenvalue weighted by molar-refractivity contribution is 0.0982. The number of aromatic nitrogens is 2. The number of aryl methyl sites for hydroxylation is 1. The molecular formula is C28H23N3O3S. The number of hydrogen-bond acceptors (Lipinski definition) is 6. The van der Waals surface area contributed by atoms with E-state index in [2.05, 4.69) is 4.98 Å². The van der Waals surface area contributed by atoms with Crippen LogP contribution in [0.5, 0.6) is 17.2 Å². The minimum atomic E-state index is -0.224. The van der Waals surface area contributed by atoms with Gasteiger partial charge in [0, 0.05) is 6.20 Å². The van der Waals surface area contributed by atoms with E-state index in [0.717, 1.165) is 21.5 Å². The molecule has 5 rings (SSSR count). The molecule has 0 saturated heterocycles. The molecule has 174 valence electrons. The molecule has 35 heavy (non-hydrogen) atoms. The molecule has 0 N–H and O–H groups in total. The molecule has 0 aliphatic heterocycles. The third kappa shape index (κ3) is 4.72. The van der Waals surface area contributed by atoms with E-state index in [-0.39, 0.29) is 12.5 Å². The largest absolute Gasteiger partial charge is 0.494 e. The van der Waals surface area contributed by atoms with Crippen LogP contribution in [-0.4, -0.2) is 23.0 Å². The highest BCUT2D eigenvalue weighted by Crippen LogP contribution is 2.38. The number of amides is 1. The summed E-state index contributed by atoms with van der Waals surface area (Å²) in [6.07, 6.45) is 1.72. The van der Waals surface area contributed by atoms with Crippen molar-refractivity contribution in [2.45, 2.75) is 13.5 Å². The topological polar surface area (TPSA) is 64.5 Å². The van der Waals surface area contributed by atoms with Crippen molar-refractivity contribution in [2.75, 3.05) is 12.0 Å². The van der Waals surface area contributed by atoms with Crippen LogP contribution in [0.15, 0.2) is 91.1 Å². The number of rotatable bonds is 7. The van der Waals surface area contributed by atoms with Gasteiger partial charge < -0.3 is 9.47 Å². The van der Waals surface area contributed by atoms with Crippen molar-refractivity contribution >= 4 is 32.6 Å². The SMILES string of the molecule is COc1ccc(C)c2sc(N(Cc3ccccn3)C(=O)c3ccccc3Oc3ccccc3)nc12. The Morgan fingerprint density at radius 2 is 1.69 bits per heavy atom. The van der Waals surface area contributed by atoms with Gasteiger partial charge in [-0.1, -0.05) is 53.8 Å². The molecule has 6 nitrogen and oxygen atoms in total. The van der Waals surface area contributed by atoms with Crippen molar-refractivity contribution in [3.05, 3.63) is 108 Å². The van der Waals surface area contributed by atoms with Crippen molar-refractivity contribution in [2.24, 2.45) is 0 Å². The summed E-state index contributed by atoms with van der Waals surface area (Å²) in [7, 11) is 1.62. The first-order chi connectivity index (χ1) is 17.1. The minimum Gasteiger partial charge on any atom is -0.494 e. The van der Waals surface area contributed by atoms with Crippen molar-refractivity contribution in [1.82, 2.24) is 9.97 Å². The second kappa shape index (κ2) is 9.95. The molecule has 3 aromatic carbocycles. The van der Waals surface area contributed by atoms with E-state index in [1.165, 1.54) is 11.3 Å². The van der Waals surface area contributed by atoms with Crippen LogP contribution in [0, 0.1) is 6.92 Å². The van der Waals surface area contributed by atoms with Crippen LogP contribution in [0.3, 0.4) is 0 Å². The Morgan fingerprint density at radius 3 is 2.46 bits per heavy atom. The highest BCUT2D eigenvalue weighted by atomic mass is 32.1. The van der Waals surface area contributed by atoms with Gasteiger partial charge in [0.1, 0.15) is 22.8 Å². The maximum Gasteiger partial charge on any atom is 0.264 e. The van der Waals surface area contributed by atoms with Gasteiger partial charge in [-0.25, -0.2) is 4.98 Å². The van der Waals surface area contributed by atoms with Gasteiger partial charge >= 0.3 is 0 Å². The summed E-state index contributed by atoms with van der Waals surface area (Å²) >= 11 is 1.46. The predicted molar refractivity (Wildman–Crippen MR) is 139 cm³/mol. The Morgan fingerprint density at radius 1 is 0.914 bits per heavy atom. The summed E-state index contributed by atoms with van der Waals surface area (Å²) in [6, 6.07) is 26.2. The number of fused-ring (bicyclic) bond motifs is 1. The van der Waals surface area contributed by atoms with Crippen molar-refractivity contribution in [3.8, 4) is 17.2 Å². The van der Waals surface area contributed by atoms with Crippen LogP contribution < -0.4 is 14.4 Å². The quantitative estimate of drug-likeness (QED) is 0.260. The summed E-state index contributed by atoms with van der Waals surface area (Å²) in [6.45, 7) is 2.29. The van der Waals surface area contributed by atoms with Crippen LogP contribution in [0.25, 0.3) is 10.2 Å². The Hall–Kier alpha value is -4.23. The first-order valence-corrected chi connectivity index (χ1v) is 11.9. The van der Waals surface area contributed by atoms with Gasteiger partial charge in [-0.2, -0.15) is 0 Å². The summed E-state index contributed by atoms with van der Waals surface area (Å²) in [4.78, 5) is 25.0. The standard InChI is InChI=1S/C28H23N3O3S/c1-19-15-16-24(33-2)25-26(19)35-28(30-25)31(18-20-10-8-9-17-29-20)27(32)22-13-6-7-14-23(22)34-21-11-4-3-5-12-21/h3-17H,18H2,1-2H3. The van der Waals surface area contributed by atoms with Crippen LogP contribution in [0.2, 0.25) is 0 Å². The number of carbonyl (C=O) groups excluding carboxylic acids is 1. The lowest BCUT2D eigenvalue weighted by Gasteiger charge is -2.21. The fourth-order valence-electron chi connectivity index (χ4n) is 3.75. The molecule has 5 aromatic rings. The van der Waals surface area contributed by atoms with E-state index in [1.807, 2.05) is 79.7 Å². The first kappa shape index (κ1) is 22.6. The molecule has 0 spiro atoms. The number of para-hydroxylation sites is 2.